The van der Waals surface area contributed by atoms with Crippen LogP contribution in [0.4, 0.5) is 0 Å². The van der Waals surface area contributed by atoms with Crippen molar-refractivity contribution >= 4 is 34.8 Å². The van der Waals surface area contributed by atoms with E-state index in [9.17, 15) is 0 Å². The van der Waals surface area contributed by atoms with Crippen molar-refractivity contribution in [2.45, 2.75) is 57.2 Å². The molecule has 0 aromatic heterocycles. The lowest BCUT2D eigenvalue weighted by atomic mass is 9.53. The Morgan fingerprint density at radius 1 is 0.871 bits per heavy atom. The Labute approximate surface area is 199 Å². The van der Waals surface area contributed by atoms with Gasteiger partial charge in [-0.15, -0.1) is 0 Å². The highest BCUT2D eigenvalue weighted by Gasteiger charge is 2.50. The number of nitrogens with one attached hydrogen (secondary N) is 1. The van der Waals surface area contributed by atoms with Gasteiger partial charge in [0.2, 0.25) is 0 Å². The van der Waals surface area contributed by atoms with Gasteiger partial charge in [-0.3, -0.25) is 0 Å². The number of benzene rings is 2. The Hall–Kier alpha value is -1.13. The maximum Gasteiger partial charge on any atom is 0.180 e. The van der Waals surface area contributed by atoms with Crippen molar-refractivity contribution in [3.8, 4) is 11.5 Å². The van der Waals surface area contributed by atoms with Gasteiger partial charge in [0.05, 0.1) is 22.2 Å². The van der Waals surface area contributed by atoms with E-state index in [-0.39, 0.29) is 0 Å². The van der Waals surface area contributed by atoms with Crippen LogP contribution in [0.5, 0.6) is 11.5 Å². The summed E-state index contributed by atoms with van der Waals surface area (Å²) in [7, 11) is 1.65. The quantitative estimate of drug-likeness (QED) is 0.451. The number of hydrogen-bond acceptors (Lipinski definition) is 3. The van der Waals surface area contributed by atoms with E-state index < -0.39 is 0 Å². The molecule has 0 spiro atoms. The molecule has 4 fully saturated rings. The summed E-state index contributed by atoms with van der Waals surface area (Å²) in [5, 5.41) is 5.52. The van der Waals surface area contributed by atoms with Gasteiger partial charge in [-0.1, -0.05) is 40.9 Å². The molecular weight excluding hydrogens is 453 g/mol. The van der Waals surface area contributed by atoms with Crippen LogP contribution in [0, 0.1) is 17.8 Å². The second-order valence-corrected chi connectivity index (χ2v) is 10.9. The van der Waals surface area contributed by atoms with Crippen LogP contribution in [-0.4, -0.2) is 12.6 Å². The van der Waals surface area contributed by atoms with Crippen LogP contribution in [0.2, 0.25) is 15.1 Å². The predicted octanol–water partition coefficient (Wildman–Crippen LogP) is 7.29. The third kappa shape index (κ3) is 4.53. The zero-order chi connectivity index (χ0) is 21.6. The summed E-state index contributed by atoms with van der Waals surface area (Å²) in [5.41, 5.74) is 2.36. The van der Waals surface area contributed by atoms with Gasteiger partial charge >= 0.3 is 0 Å². The van der Waals surface area contributed by atoms with Crippen LogP contribution in [0.3, 0.4) is 0 Å². The first kappa shape index (κ1) is 21.7. The van der Waals surface area contributed by atoms with Gasteiger partial charge in [-0.2, -0.15) is 0 Å². The van der Waals surface area contributed by atoms with Crippen LogP contribution in [0.25, 0.3) is 0 Å². The minimum Gasteiger partial charge on any atom is -0.493 e. The normalized spacial score (nSPS) is 28.7. The summed E-state index contributed by atoms with van der Waals surface area (Å²) >= 11 is 18.7. The second-order valence-electron chi connectivity index (χ2n) is 9.70. The first-order valence-corrected chi connectivity index (χ1v) is 12.2. The fourth-order valence-electron chi connectivity index (χ4n) is 6.42. The first-order valence-electron chi connectivity index (χ1n) is 11.1. The van der Waals surface area contributed by atoms with Crippen LogP contribution in [0.15, 0.2) is 30.3 Å². The fourth-order valence-corrected chi connectivity index (χ4v) is 7.03. The maximum atomic E-state index is 6.61. The molecule has 6 rings (SSSR count). The van der Waals surface area contributed by atoms with Crippen molar-refractivity contribution in [1.29, 1.82) is 0 Å². The molecule has 0 unspecified atom stereocenters. The molecule has 0 radical (unpaired) electrons. The number of methoxy groups -OCH3 is 1. The number of ether oxygens (including phenoxy) is 2. The summed E-state index contributed by atoms with van der Waals surface area (Å²) in [6.45, 7) is 1.13. The van der Waals surface area contributed by atoms with Crippen LogP contribution < -0.4 is 14.8 Å². The first-order chi connectivity index (χ1) is 14.9. The molecule has 0 aliphatic heterocycles. The Balaban J connectivity index is 1.27. The van der Waals surface area contributed by atoms with Crippen molar-refractivity contribution < 1.29 is 9.47 Å². The van der Waals surface area contributed by atoms with E-state index in [0.717, 1.165) is 35.4 Å². The summed E-state index contributed by atoms with van der Waals surface area (Å²) in [5.74, 6) is 3.97. The van der Waals surface area contributed by atoms with Gasteiger partial charge in [0.25, 0.3) is 0 Å². The molecule has 31 heavy (non-hydrogen) atoms. The van der Waals surface area contributed by atoms with Gasteiger partial charge < -0.3 is 14.8 Å². The van der Waals surface area contributed by atoms with E-state index >= 15 is 0 Å². The van der Waals surface area contributed by atoms with Crippen molar-refractivity contribution in [1.82, 2.24) is 5.32 Å². The molecule has 4 bridgehead atoms. The molecule has 6 heteroatoms. The van der Waals surface area contributed by atoms with Crippen molar-refractivity contribution in [2.24, 2.45) is 17.8 Å². The number of rotatable bonds is 7. The van der Waals surface area contributed by atoms with Crippen molar-refractivity contribution in [2.75, 3.05) is 7.11 Å². The molecule has 0 amide bonds. The van der Waals surface area contributed by atoms with Crippen LogP contribution >= 0.6 is 34.8 Å². The molecule has 0 atom stereocenters. The van der Waals surface area contributed by atoms with E-state index in [4.69, 9.17) is 44.3 Å². The van der Waals surface area contributed by atoms with Gasteiger partial charge in [0, 0.05) is 12.1 Å². The van der Waals surface area contributed by atoms with E-state index in [2.05, 4.69) is 5.32 Å². The highest BCUT2D eigenvalue weighted by molar-refractivity contribution is 6.42. The van der Waals surface area contributed by atoms with Crippen LogP contribution in [0.1, 0.15) is 49.7 Å². The summed E-state index contributed by atoms with van der Waals surface area (Å²) in [4.78, 5) is 0. The van der Waals surface area contributed by atoms with Gasteiger partial charge in [0.1, 0.15) is 6.61 Å². The topological polar surface area (TPSA) is 30.5 Å². The maximum absolute atomic E-state index is 6.61. The third-order valence-corrected chi connectivity index (χ3v) is 8.38. The average Bonchev–Trinajstić information content (AvgIpc) is 2.72. The largest absolute Gasteiger partial charge is 0.493 e. The number of halogens is 3. The Morgan fingerprint density at radius 2 is 1.52 bits per heavy atom. The molecule has 0 saturated heterocycles. The van der Waals surface area contributed by atoms with Gasteiger partial charge in [-0.05, 0) is 91.7 Å². The van der Waals surface area contributed by atoms with E-state index in [1.165, 1.54) is 38.5 Å². The summed E-state index contributed by atoms with van der Waals surface area (Å²) < 4.78 is 11.6. The van der Waals surface area contributed by atoms with E-state index in [1.54, 1.807) is 19.2 Å². The highest BCUT2D eigenvalue weighted by atomic mass is 35.5. The average molecular weight is 481 g/mol. The SMILES string of the molecule is COc1cc(CNC23CC4CC(CC(C4)C2)C3)cc(Cl)c1OCc1ccc(Cl)c(Cl)c1. The Kier molecular flexibility index (Phi) is 6.07. The van der Waals surface area contributed by atoms with Crippen LogP contribution in [-0.2, 0) is 13.2 Å². The smallest absolute Gasteiger partial charge is 0.180 e. The lowest BCUT2D eigenvalue weighted by Gasteiger charge is -2.57. The Morgan fingerprint density at radius 3 is 2.13 bits per heavy atom. The second kappa shape index (κ2) is 8.67. The highest BCUT2D eigenvalue weighted by Crippen LogP contribution is 2.55. The summed E-state index contributed by atoms with van der Waals surface area (Å²) in [6, 6.07) is 9.47. The Bertz CT molecular complexity index is 942. The zero-order valence-electron chi connectivity index (χ0n) is 17.7. The molecule has 2 aromatic rings. The molecule has 4 saturated carbocycles. The predicted molar refractivity (Wildman–Crippen MR) is 127 cm³/mol. The van der Waals surface area contributed by atoms with Gasteiger partial charge in [-0.25, -0.2) is 0 Å². The molecular formula is C25H28Cl3NO2. The van der Waals surface area contributed by atoms with Gasteiger partial charge in [0.15, 0.2) is 11.5 Å². The van der Waals surface area contributed by atoms with Crippen molar-refractivity contribution in [3.05, 3.63) is 56.5 Å². The van der Waals surface area contributed by atoms with E-state index in [0.29, 0.717) is 38.7 Å². The monoisotopic (exact) mass is 479 g/mol. The molecule has 4 aliphatic rings. The fraction of sp³-hybridized carbons (Fsp3) is 0.520. The molecule has 3 nitrogen and oxygen atoms in total. The zero-order valence-corrected chi connectivity index (χ0v) is 20.0. The minimum atomic E-state index is 0.317. The summed E-state index contributed by atoms with van der Waals surface area (Å²) in [6.07, 6.45) is 8.33. The minimum absolute atomic E-state index is 0.317. The van der Waals surface area contributed by atoms with Crippen molar-refractivity contribution in [3.63, 3.8) is 0 Å². The lowest BCUT2D eigenvalue weighted by molar-refractivity contribution is -0.0206. The number of hydrogen-bond donors (Lipinski definition) is 1. The molecule has 4 aliphatic carbocycles. The molecule has 0 heterocycles. The standard InChI is InChI=1S/C25H28Cl3NO2/c1-30-23-9-19(13-29-25-10-16-4-17(11-25)6-18(5-16)12-25)8-22(28)24(23)31-14-15-2-3-20(26)21(27)7-15/h2-3,7-9,16-18,29H,4-6,10-14H2,1H3. The molecule has 166 valence electrons. The van der Waals surface area contributed by atoms with E-state index in [1.807, 2.05) is 18.2 Å². The molecule has 1 N–H and O–H groups in total. The lowest BCUT2D eigenvalue weighted by Crippen LogP contribution is -2.58. The third-order valence-electron chi connectivity index (χ3n) is 7.36. The molecule has 2 aromatic carbocycles.